The molecule has 0 aromatic heterocycles. The molecule has 4 N–H and O–H groups in total. The Morgan fingerprint density at radius 1 is 1.30 bits per heavy atom. The summed E-state index contributed by atoms with van der Waals surface area (Å²) in [5.74, 6) is -1.88. The Morgan fingerprint density at radius 3 is 2.65 bits per heavy atom. The molecular weight excluding hydrogens is 268 g/mol. The number of amides is 2. The molecule has 8 heteroatoms. The molecule has 1 aliphatic heterocycles. The van der Waals surface area contributed by atoms with E-state index in [2.05, 4.69) is 5.32 Å². The molecule has 20 heavy (non-hydrogen) atoms. The summed E-state index contributed by atoms with van der Waals surface area (Å²) >= 11 is 0. The first-order valence-corrected chi connectivity index (χ1v) is 5.69. The molecule has 1 atom stereocenters. The third-order valence-corrected chi connectivity index (χ3v) is 2.64. The topological polar surface area (TPSA) is 128 Å². The molecule has 0 radical (unpaired) electrons. The lowest BCUT2D eigenvalue weighted by Crippen LogP contribution is -2.43. The van der Waals surface area contributed by atoms with Crippen LogP contribution >= 0.6 is 0 Å². The number of carboxylic acid groups (broad SMARTS) is 1. The van der Waals surface area contributed by atoms with Gasteiger partial charge in [0, 0.05) is 5.56 Å². The number of fused-ring (bicyclic) bond motifs is 1. The van der Waals surface area contributed by atoms with Crippen molar-refractivity contribution in [2.45, 2.75) is 12.5 Å². The summed E-state index contributed by atoms with van der Waals surface area (Å²) in [6, 6.07) is 3.07. The number of hydrogen-bond donors (Lipinski definition) is 3. The predicted octanol–water partition coefficient (Wildman–Crippen LogP) is -0.526. The van der Waals surface area contributed by atoms with Crippen LogP contribution in [-0.2, 0) is 9.59 Å². The predicted molar refractivity (Wildman–Crippen MR) is 65.3 cm³/mol. The average molecular weight is 280 g/mol. The lowest BCUT2D eigenvalue weighted by Gasteiger charge is -2.12. The summed E-state index contributed by atoms with van der Waals surface area (Å²) in [7, 11) is 0. The highest BCUT2D eigenvalue weighted by molar-refractivity contribution is 5.98. The maximum atomic E-state index is 11.9. The van der Waals surface area contributed by atoms with E-state index in [0.717, 1.165) is 0 Å². The molecule has 1 aliphatic rings. The van der Waals surface area contributed by atoms with Gasteiger partial charge in [0.1, 0.15) is 6.04 Å². The molecule has 0 aliphatic carbocycles. The Bertz CT molecular complexity index is 571. The van der Waals surface area contributed by atoms with Crippen LogP contribution in [0.15, 0.2) is 18.2 Å². The van der Waals surface area contributed by atoms with Gasteiger partial charge in [0.15, 0.2) is 11.5 Å². The second-order valence-corrected chi connectivity index (χ2v) is 4.10. The van der Waals surface area contributed by atoms with Crippen LogP contribution in [0.3, 0.4) is 0 Å². The van der Waals surface area contributed by atoms with E-state index in [1.54, 1.807) is 6.07 Å². The largest absolute Gasteiger partial charge is 0.480 e. The lowest BCUT2D eigenvalue weighted by atomic mass is 10.1. The Hall–Kier alpha value is -2.77. The zero-order chi connectivity index (χ0) is 14.7. The molecule has 0 unspecified atom stereocenters. The summed E-state index contributed by atoms with van der Waals surface area (Å²) in [5, 5.41) is 11.1. The van der Waals surface area contributed by atoms with Crippen molar-refractivity contribution in [3.63, 3.8) is 0 Å². The van der Waals surface area contributed by atoms with Gasteiger partial charge in [-0.2, -0.15) is 0 Å². The van der Waals surface area contributed by atoms with E-state index in [1.807, 2.05) is 0 Å². The minimum atomic E-state index is -1.37. The number of primary amides is 1. The van der Waals surface area contributed by atoms with Gasteiger partial charge >= 0.3 is 5.97 Å². The standard InChI is InChI=1S/C12H12N2O6/c13-10(15)4-7(12(17)18)14-11(16)6-1-2-8-9(3-6)20-5-19-8/h1-3,7H,4-5H2,(H2,13,15)(H,14,16)(H,17,18)/t7-/m1/s1. The van der Waals surface area contributed by atoms with E-state index in [9.17, 15) is 14.4 Å². The minimum absolute atomic E-state index is 0.0693. The Kier molecular flexibility index (Phi) is 3.74. The van der Waals surface area contributed by atoms with Crippen molar-refractivity contribution in [2.75, 3.05) is 6.79 Å². The van der Waals surface area contributed by atoms with E-state index < -0.39 is 30.2 Å². The zero-order valence-electron chi connectivity index (χ0n) is 10.3. The van der Waals surface area contributed by atoms with Crippen molar-refractivity contribution in [1.29, 1.82) is 0 Å². The third kappa shape index (κ3) is 2.97. The van der Waals surface area contributed by atoms with Gasteiger partial charge in [-0.25, -0.2) is 4.79 Å². The zero-order valence-corrected chi connectivity index (χ0v) is 10.3. The number of rotatable bonds is 5. The van der Waals surface area contributed by atoms with Gasteiger partial charge in [-0.1, -0.05) is 0 Å². The smallest absolute Gasteiger partial charge is 0.326 e. The number of carbonyl (C=O) groups excluding carboxylic acids is 2. The molecule has 1 heterocycles. The second-order valence-electron chi connectivity index (χ2n) is 4.10. The van der Waals surface area contributed by atoms with Gasteiger partial charge in [0.25, 0.3) is 5.91 Å². The molecule has 0 saturated heterocycles. The van der Waals surface area contributed by atoms with Crippen LogP contribution < -0.4 is 20.5 Å². The normalized spacial score (nSPS) is 13.6. The number of aliphatic carboxylic acids is 1. The maximum absolute atomic E-state index is 11.9. The minimum Gasteiger partial charge on any atom is -0.480 e. The van der Waals surface area contributed by atoms with Gasteiger partial charge in [-0.3, -0.25) is 9.59 Å². The summed E-state index contributed by atoms with van der Waals surface area (Å²) in [5.41, 5.74) is 5.13. The molecule has 0 bridgehead atoms. The number of carbonyl (C=O) groups is 3. The first-order valence-electron chi connectivity index (χ1n) is 5.69. The lowest BCUT2D eigenvalue weighted by molar-refractivity contribution is -0.140. The van der Waals surface area contributed by atoms with E-state index >= 15 is 0 Å². The van der Waals surface area contributed by atoms with E-state index in [-0.39, 0.29) is 12.4 Å². The highest BCUT2D eigenvalue weighted by Crippen LogP contribution is 2.32. The van der Waals surface area contributed by atoms with Gasteiger partial charge < -0.3 is 25.6 Å². The molecule has 2 rings (SSSR count). The van der Waals surface area contributed by atoms with Crippen molar-refractivity contribution in [2.24, 2.45) is 5.73 Å². The van der Waals surface area contributed by atoms with Crippen LogP contribution in [0.1, 0.15) is 16.8 Å². The van der Waals surface area contributed by atoms with Crippen LogP contribution in [0.2, 0.25) is 0 Å². The summed E-state index contributed by atoms with van der Waals surface area (Å²) < 4.78 is 10.2. The van der Waals surface area contributed by atoms with E-state index in [4.69, 9.17) is 20.3 Å². The van der Waals surface area contributed by atoms with Gasteiger partial charge in [-0.05, 0) is 18.2 Å². The first kappa shape index (κ1) is 13.7. The summed E-state index contributed by atoms with van der Waals surface area (Å²) in [6.07, 6.45) is -0.481. The van der Waals surface area contributed by atoms with Gasteiger partial charge in [0.05, 0.1) is 6.42 Å². The summed E-state index contributed by atoms with van der Waals surface area (Å²) in [6.45, 7) is 0.0693. The Labute approximate surface area is 113 Å². The van der Waals surface area contributed by atoms with Gasteiger partial charge in [0.2, 0.25) is 12.7 Å². The van der Waals surface area contributed by atoms with Crippen LogP contribution in [0.4, 0.5) is 0 Å². The van der Waals surface area contributed by atoms with Crippen molar-refractivity contribution < 1.29 is 29.0 Å². The molecule has 8 nitrogen and oxygen atoms in total. The van der Waals surface area contributed by atoms with E-state index in [0.29, 0.717) is 11.5 Å². The summed E-state index contributed by atoms with van der Waals surface area (Å²) in [4.78, 5) is 33.6. The van der Waals surface area contributed by atoms with Crippen LogP contribution in [0.25, 0.3) is 0 Å². The molecule has 0 saturated carbocycles. The number of benzene rings is 1. The molecule has 0 spiro atoms. The first-order chi connectivity index (χ1) is 9.47. The van der Waals surface area contributed by atoms with Gasteiger partial charge in [-0.15, -0.1) is 0 Å². The number of hydrogen-bond acceptors (Lipinski definition) is 5. The van der Waals surface area contributed by atoms with Crippen LogP contribution in [0, 0.1) is 0 Å². The second kappa shape index (κ2) is 5.47. The average Bonchev–Trinajstić information content (AvgIpc) is 2.84. The fourth-order valence-electron chi connectivity index (χ4n) is 1.68. The fraction of sp³-hybridized carbons (Fsp3) is 0.250. The third-order valence-electron chi connectivity index (χ3n) is 2.64. The Morgan fingerprint density at radius 2 is 2.00 bits per heavy atom. The highest BCUT2D eigenvalue weighted by Gasteiger charge is 2.24. The quantitative estimate of drug-likeness (QED) is 0.665. The molecule has 1 aromatic carbocycles. The van der Waals surface area contributed by atoms with E-state index in [1.165, 1.54) is 12.1 Å². The highest BCUT2D eigenvalue weighted by atomic mass is 16.7. The molecule has 106 valence electrons. The van der Waals surface area contributed by atoms with Crippen LogP contribution in [0.5, 0.6) is 11.5 Å². The Balaban J connectivity index is 2.10. The van der Waals surface area contributed by atoms with Crippen molar-refractivity contribution in [1.82, 2.24) is 5.32 Å². The molecule has 2 amide bonds. The molecule has 0 fully saturated rings. The maximum Gasteiger partial charge on any atom is 0.326 e. The number of nitrogens with two attached hydrogens (primary N) is 1. The number of carboxylic acids is 1. The van der Waals surface area contributed by atoms with Crippen molar-refractivity contribution >= 4 is 17.8 Å². The number of nitrogens with one attached hydrogen (secondary N) is 1. The monoisotopic (exact) mass is 280 g/mol. The fourth-order valence-corrected chi connectivity index (χ4v) is 1.68. The molecule has 1 aromatic rings. The van der Waals surface area contributed by atoms with Crippen molar-refractivity contribution in [3.8, 4) is 11.5 Å². The molecular formula is C12H12N2O6. The van der Waals surface area contributed by atoms with Crippen molar-refractivity contribution in [3.05, 3.63) is 23.8 Å². The van der Waals surface area contributed by atoms with Crippen LogP contribution in [-0.4, -0.2) is 35.7 Å². The number of ether oxygens (including phenoxy) is 2. The SMILES string of the molecule is NC(=O)C[C@@H](NC(=O)c1ccc2c(c1)OCO2)C(=O)O.